The smallest absolute Gasteiger partial charge is 0.262 e. The van der Waals surface area contributed by atoms with E-state index in [1.54, 1.807) is 25.1 Å². The van der Waals surface area contributed by atoms with Gasteiger partial charge in [0.25, 0.3) is 11.8 Å². The van der Waals surface area contributed by atoms with Crippen LogP contribution in [0.15, 0.2) is 42.5 Å². The molecule has 2 aliphatic heterocycles. The number of benzene rings is 2. The first-order chi connectivity index (χ1) is 13.0. The molecule has 0 saturated heterocycles. The van der Waals surface area contributed by atoms with Crippen LogP contribution < -0.4 is 10.1 Å². The molecule has 2 aromatic carbocycles. The van der Waals surface area contributed by atoms with E-state index in [1.165, 1.54) is 0 Å². The summed E-state index contributed by atoms with van der Waals surface area (Å²) >= 11 is 0. The number of imide groups is 1. The normalized spacial score (nSPS) is 19.2. The van der Waals surface area contributed by atoms with Gasteiger partial charge in [-0.3, -0.25) is 19.3 Å². The minimum Gasteiger partial charge on any atom is -0.493 e. The minimum atomic E-state index is -0.896. The fourth-order valence-electron chi connectivity index (χ4n) is 3.63. The summed E-state index contributed by atoms with van der Waals surface area (Å²) in [4.78, 5) is 39.2. The van der Waals surface area contributed by atoms with E-state index in [0.717, 1.165) is 21.8 Å². The standard InChI is InChI=1S/C21H20N2O4/c1-12-7-8-14-16(11-12)21(26)23(20(14)25)13(2)19(24)22-17-9-10-27-18-6-4-3-5-15(17)18/h3-8,11,13,17H,9-10H2,1-2H3,(H,22,24)/t13-,17-/m1/s1. The van der Waals surface area contributed by atoms with Gasteiger partial charge in [0.2, 0.25) is 5.91 Å². The average molecular weight is 364 g/mol. The maximum Gasteiger partial charge on any atom is 0.262 e. The van der Waals surface area contributed by atoms with Crippen LogP contribution in [0.1, 0.15) is 51.2 Å². The number of nitrogens with zero attached hydrogens (tertiary/aromatic N) is 1. The molecular weight excluding hydrogens is 344 g/mol. The zero-order valence-electron chi connectivity index (χ0n) is 15.2. The van der Waals surface area contributed by atoms with E-state index >= 15 is 0 Å². The second-order valence-electron chi connectivity index (χ2n) is 6.94. The lowest BCUT2D eigenvalue weighted by atomic mass is 10.00. The van der Waals surface area contributed by atoms with Crippen molar-refractivity contribution in [3.8, 4) is 5.75 Å². The highest BCUT2D eigenvalue weighted by atomic mass is 16.5. The highest BCUT2D eigenvalue weighted by Gasteiger charge is 2.41. The minimum absolute atomic E-state index is 0.206. The number of ether oxygens (including phenoxy) is 1. The van der Waals surface area contributed by atoms with Crippen molar-refractivity contribution < 1.29 is 19.1 Å². The molecule has 0 unspecified atom stereocenters. The fourth-order valence-corrected chi connectivity index (χ4v) is 3.63. The van der Waals surface area contributed by atoms with Gasteiger partial charge in [-0.15, -0.1) is 0 Å². The van der Waals surface area contributed by atoms with Crippen LogP contribution in [0.3, 0.4) is 0 Å². The summed E-state index contributed by atoms with van der Waals surface area (Å²) in [6.07, 6.45) is 0.636. The number of amides is 3. The van der Waals surface area contributed by atoms with Crippen LogP contribution in [0, 0.1) is 6.92 Å². The van der Waals surface area contributed by atoms with E-state index in [1.807, 2.05) is 31.2 Å². The molecule has 0 spiro atoms. The number of para-hydroxylation sites is 1. The van der Waals surface area contributed by atoms with E-state index in [4.69, 9.17) is 4.74 Å². The van der Waals surface area contributed by atoms with Crippen molar-refractivity contribution in [2.45, 2.75) is 32.4 Å². The van der Waals surface area contributed by atoms with Gasteiger partial charge >= 0.3 is 0 Å². The summed E-state index contributed by atoms with van der Waals surface area (Å²) in [5.41, 5.74) is 2.51. The molecule has 0 radical (unpaired) electrons. The van der Waals surface area contributed by atoms with E-state index < -0.39 is 17.9 Å². The second kappa shape index (κ2) is 6.54. The van der Waals surface area contributed by atoms with Gasteiger partial charge in [-0.2, -0.15) is 0 Å². The molecule has 2 aromatic rings. The number of carbonyl (C=O) groups is 3. The zero-order valence-corrected chi connectivity index (χ0v) is 15.2. The van der Waals surface area contributed by atoms with Gasteiger partial charge < -0.3 is 10.1 Å². The third kappa shape index (κ3) is 2.87. The van der Waals surface area contributed by atoms with Crippen molar-refractivity contribution in [1.29, 1.82) is 0 Å². The summed E-state index contributed by atoms with van der Waals surface area (Å²) in [5.74, 6) is -0.459. The van der Waals surface area contributed by atoms with Crippen molar-refractivity contribution in [2.24, 2.45) is 0 Å². The predicted molar refractivity (Wildman–Crippen MR) is 98.6 cm³/mol. The van der Waals surface area contributed by atoms with Crippen LogP contribution in [-0.2, 0) is 4.79 Å². The molecule has 2 atom stereocenters. The largest absolute Gasteiger partial charge is 0.493 e. The van der Waals surface area contributed by atoms with Gasteiger partial charge in [0.1, 0.15) is 11.8 Å². The lowest BCUT2D eigenvalue weighted by Crippen LogP contribution is -2.49. The fraction of sp³-hybridized carbons (Fsp3) is 0.286. The zero-order chi connectivity index (χ0) is 19.1. The van der Waals surface area contributed by atoms with Crippen LogP contribution in [0.25, 0.3) is 0 Å². The van der Waals surface area contributed by atoms with E-state index in [-0.39, 0.29) is 11.9 Å². The van der Waals surface area contributed by atoms with E-state index in [0.29, 0.717) is 24.2 Å². The van der Waals surface area contributed by atoms with Crippen molar-refractivity contribution in [3.63, 3.8) is 0 Å². The van der Waals surface area contributed by atoms with Crippen molar-refractivity contribution >= 4 is 17.7 Å². The molecule has 0 saturated carbocycles. The Balaban J connectivity index is 1.54. The number of fused-ring (bicyclic) bond motifs is 2. The van der Waals surface area contributed by atoms with Crippen LogP contribution >= 0.6 is 0 Å². The molecule has 1 N–H and O–H groups in total. The Kier molecular flexibility index (Phi) is 4.18. The summed E-state index contributed by atoms with van der Waals surface area (Å²) in [5, 5.41) is 2.97. The molecule has 6 nitrogen and oxygen atoms in total. The molecule has 0 fully saturated rings. The summed E-state index contributed by atoms with van der Waals surface area (Å²) in [6.45, 7) is 3.94. The van der Waals surface area contributed by atoms with Crippen LogP contribution in [0.5, 0.6) is 5.75 Å². The molecule has 2 heterocycles. The average Bonchev–Trinajstić information content (AvgIpc) is 2.91. The Bertz CT molecular complexity index is 953. The third-order valence-corrected chi connectivity index (χ3v) is 5.12. The maximum absolute atomic E-state index is 12.8. The molecule has 6 heteroatoms. The Morgan fingerprint density at radius 1 is 1.15 bits per heavy atom. The molecule has 2 aliphatic rings. The number of rotatable bonds is 3. The molecule has 3 amide bonds. The quantitative estimate of drug-likeness (QED) is 0.850. The number of hydrogen-bond donors (Lipinski definition) is 1. The Morgan fingerprint density at radius 3 is 2.70 bits per heavy atom. The highest BCUT2D eigenvalue weighted by molar-refractivity contribution is 6.22. The maximum atomic E-state index is 12.8. The van der Waals surface area contributed by atoms with Crippen LogP contribution in [-0.4, -0.2) is 35.3 Å². The summed E-state index contributed by atoms with van der Waals surface area (Å²) in [7, 11) is 0. The monoisotopic (exact) mass is 364 g/mol. The highest BCUT2D eigenvalue weighted by Crippen LogP contribution is 2.32. The van der Waals surface area contributed by atoms with Gasteiger partial charge in [0.05, 0.1) is 23.8 Å². The lowest BCUT2D eigenvalue weighted by molar-refractivity contribution is -0.125. The second-order valence-corrected chi connectivity index (χ2v) is 6.94. The van der Waals surface area contributed by atoms with Gasteiger partial charge in [-0.1, -0.05) is 29.8 Å². The third-order valence-electron chi connectivity index (χ3n) is 5.12. The first-order valence-electron chi connectivity index (χ1n) is 8.98. The predicted octanol–water partition coefficient (Wildman–Crippen LogP) is 2.62. The van der Waals surface area contributed by atoms with Gasteiger partial charge in [-0.25, -0.2) is 0 Å². The van der Waals surface area contributed by atoms with Crippen molar-refractivity contribution in [1.82, 2.24) is 10.2 Å². The summed E-state index contributed by atoms with van der Waals surface area (Å²) < 4.78 is 5.61. The van der Waals surface area contributed by atoms with Crippen molar-refractivity contribution in [2.75, 3.05) is 6.61 Å². The van der Waals surface area contributed by atoms with Crippen LogP contribution in [0.2, 0.25) is 0 Å². The first-order valence-corrected chi connectivity index (χ1v) is 8.98. The van der Waals surface area contributed by atoms with Gasteiger partial charge in [0.15, 0.2) is 0 Å². The first kappa shape index (κ1) is 17.3. The molecule has 4 rings (SSSR count). The number of hydrogen-bond acceptors (Lipinski definition) is 4. The number of carbonyl (C=O) groups excluding carboxylic acids is 3. The lowest BCUT2D eigenvalue weighted by Gasteiger charge is -2.29. The van der Waals surface area contributed by atoms with E-state index in [2.05, 4.69) is 5.32 Å². The molecule has 138 valence electrons. The molecule has 27 heavy (non-hydrogen) atoms. The Labute approximate surface area is 157 Å². The summed E-state index contributed by atoms with van der Waals surface area (Å²) in [6, 6.07) is 11.6. The SMILES string of the molecule is Cc1ccc2c(c1)C(=O)N([C@H](C)C(=O)N[C@@H]1CCOc3ccccc31)C2=O. The van der Waals surface area contributed by atoms with Crippen molar-refractivity contribution in [3.05, 3.63) is 64.7 Å². The van der Waals surface area contributed by atoms with E-state index in [9.17, 15) is 14.4 Å². The van der Waals surface area contributed by atoms with Crippen LogP contribution in [0.4, 0.5) is 0 Å². The number of aryl methyl sites for hydroxylation is 1. The molecular formula is C21H20N2O4. The molecule has 0 bridgehead atoms. The molecule has 0 aliphatic carbocycles. The number of nitrogens with one attached hydrogen (secondary N) is 1. The Hall–Kier alpha value is -3.15. The Morgan fingerprint density at radius 2 is 1.89 bits per heavy atom. The van der Waals surface area contributed by atoms with Gasteiger partial charge in [-0.05, 0) is 32.0 Å². The topological polar surface area (TPSA) is 75.7 Å². The van der Waals surface area contributed by atoms with Gasteiger partial charge in [0, 0.05) is 12.0 Å². The molecule has 0 aromatic heterocycles.